The predicted octanol–water partition coefficient (Wildman–Crippen LogP) is 7.72. The highest BCUT2D eigenvalue weighted by Gasteiger charge is 2.11. The van der Waals surface area contributed by atoms with Crippen LogP contribution in [-0.2, 0) is 19.4 Å². The van der Waals surface area contributed by atoms with Crippen molar-refractivity contribution >= 4 is 45.0 Å². The first-order chi connectivity index (χ1) is 13.3. The molecule has 3 aromatic rings. The van der Waals surface area contributed by atoms with Gasteiger partial charge in [0, 0.05) is 40.1 Å². The van der Waals surface area contributed by atoms with Gasteiger partial charge >= 0.3 is 0 Å². The number of aryl methyl sites for hydroxylation is 3. The molecule has 1 heterocycles. The molecule has 0 saturated carbocycles. The highest BCUT2D eigenvalue weighted by molar-refractivity contribution is 6.18. The Kier molecular flexibility index (Phi) is 7.91. The van der Waals surface area contributed by atoms with Gasteiger partial charge in [-0.05, 0) is 80.8 Å². The minimum Gasteiger partial charge on any atom is -0.341 e. The largest absolute Gasteiger partial charge is 0.341 e. The lowest BCUT2D eigenvalue weighted by atomic mass is 10.0. The lowest BCUT2D eigenvalue weighted by Gasteiger charge is -2.05. The molecule has 0 aliphatic rings. The van der Waals surface area contributed by atoms with Gasteiger partial charge in [0.15, 0.2) is 0 Å². The van der Waals surface area contributed by atoms with Crippen LogP contribution >= 0.6 is 23.2 Å². The number of aromatic nitrogens is 1. The van der Waals surface area contributed by atoms with E-state index in [0.717, 1.165) is 44.0 Å². The monoisotopic (exact) mass is 403 g/mol. The zero-order chi connectivity index (χ0) is 19.1. The summed E-state index contributed by atoms with van der Waals surface area (Å²) >= 11 is 11.6. The SMILES string of the molecule is CCn1c2ccc(CCCCCCl)cc2c2cc(CCCCCCl)ccc21. The summed E-state index contributed by atoms with van der Waals surface area (Å²) in [5.41, 5.74) is 5.60. The molecule has 146 valence electrons. The summed E-state index contributed by atoms with van der Waals surface area (Å²) in [7, 11) is 0. The van der Waals surface area contributed by atoms with Gasteiger partial charge in [0.25, 0.3) is 0 Å². The summed E-state index contributed by atoms with van der Waals surface area (Å²) in [4.78, 5) is 0. The molecule has 3 heteroatoms. The summed E-state index contributed by atoms with van der Waals surface area (Å²) in [5, 5.41) is 2.81. The van der Waals surface area contributed by atoms with Gasteiger partial charge in [0.1, 0.15) is 0 Å². The summed E-state index contributed by atoms with van der Waals surface area (Å²) in [6.45, 7) is 3.24. The third kappa shape index (κ3) is 5.00. The number of unbranched alkanes of at least 4 members (excludes halogenated alkanes) is 4. The molecule has 0 aliphatic carbocycles. The molecule has 0 amide bonds. The van der Waals surface area contributed by atoms with Crippen LogP contribution in [-0.4, -0.2) is 16.3 Å². The first-order valence-corrected chi connectivity index (χ1v) is 11.5. The van der Waals surface area contributed by atoms with E-state index >= 15 is 0 Å². The minimum absolute atomic E-state index is 0.774. The van der Waals surface area contributed by atoms with E-state index in [2.05, 4.69) is 47.9 Å². The quantitative estimate of drug-likeness (QED) is 0.228. The van der Waals surface area contributed by atoms with E-state index in [9.17, 15) is 0 Å². The van der Waals surface area contributed by atoms with E-state index < -0.39 is 0 Å². The minimum atomic E-state index is 0.774. The van der Waals surface area contributed by atoms with Gasteiger partial charge in [0.05, 0.1) is 0 Å². The molecular weight excluding hydrogens is 373 g/mol. The van der Waals surface area contributed by atoms with Crippen LogP contribution in [0, 0.1) is 0 Å². The molecule has 0 atom stereocenters. The topological polar surface area (TPSA) is 4.93 Å². The lowest BCUT2D eigenvalue weighted by Crippen LogP contribution is -1.93. The Morgan fingerprint density at radius 3 is 1.56 bits per heavy atom. The second-order valence-corrected chi connectivity index (χ2v) is 8.20. The molecule has 0 aliphatic heterocycles. The van der Waals surface area contributed by atoms with Crippen molar-refractivity contribution in [2.75, 3.05) is 11.8 Å². The molecular formula is C24H31Cl2N. The number of hydrogen-bond donors (Lipinski definition) is 0. The van der Waals surface area contributed by atoms with Crippen LogP contribution < -0.4 is 0 Å². The van der Waals surface area contributed by atoms with Crippen LogP contribution in [0.2, 0.25) is 0 Å². The van der Waals surface area contributed by atoms with Gasteiger partial charge in [-0.1, -0.05) is 25.0 Å². The Bertz CT molecular complexity index is 796. The van der Waals surface area contributed by atoms with Crippen LogP contribution in [0.4, 0.5) is 0 Å². The van der Waals surface area contributed by atoms with Crippen molar-refractivity contribution in [1.29, 1.82) is 0 Å². The highest BCUT2D eigenvalue weighted by atomic mass is 35.5. The average molecular weight is 404 g/mol. The summed E-state index contributed by atoms with van der Waals surface area (Å²) < 4.78 is 2.44. The van der Waals surface area contributed by atoms with Gasteiger partial charge in [-0.15, -0.1) is 23.2 Å². The van der Waals surface area contributed by atoms with E-state index in [4.69, 9.17) is 23.2 Å². The van der Waals surface area contributed by atoms with Crippen LogP contribution in [0.1, 0.15) is 56.6 Å². The van der Waals surface area contributed by atoms with Crippen molar-refractivity contribution < 1.29 is 0 Å². The number of rotatable bonds is 11. The maximum absolute atomic E-state index is 5.80. The third-order valence-corrected chi connectivity index (χ3v) is 6.04. The molecule has 0 bridgehead atoms. The highest BCUT2D eigenvalue weighted by Crippen LogP contribution is 2.31. The Hall–Kier alpha value is -1.18. The molecule has 1 aromatic heterocycles. The number of benzene rings is 2. The van der Waals surface area contributed by atoms with E-state index in [1.54, 1.807) is 0 Å². The van der Waals surface area contributed by atoms with Crippen LogP contribution in [0.15, 0.2) is 36.4 Å². The summed E-state index contributed by atoms with van der Waals surface area (Å²) in [5.74, 6) is 1.55. The second kappa shape index (κ2) is 10.4. The normalized spacial score (nSPS) is 11.7. The van der Waals surface area contributed by atoms with Crippen molar-refractivity contribution in [2.24, 2.45) is 0 Å². The molecule has 2 aromatic carbocycles. The van der Waals surface area contributed by atoms with Gasteiger partial charge in [-0.2, -0.15) is 0 Å². The molecule has 0 saturated heterocycles. The summed E-state index contributed by atoms with van der Waals surface area (Å²) in [6, 6.07) is 14.1. The first kappa shape index (κ1) is 20.6. The molecule has 3 rings (SSSR count). The van der Waals surface area contributed by atoms with Crippen LogP contribution in [0.3, 0.4) is 0 Å². The van der Waals surface area contributed by atoms with E-state index in [1.807, 2.05) is 0 Å². The number of halogens is 2. The van der Waals surface area contributed by atoms with Gasteiger partial charge in [-0.3, -0.25) is 0 Å². The van der Waals surface area contributed by atoms with Crippen LogP contribution in [0.25, 0.3) is 21.8 Å². The molecule has 0 radical (unpaired) electrons. The molecule has 1 nitrogen and oxygen atoms in total. The van der Waals surface area contributed by atoms with Crippen molar-refractivity contribution in [3.05, 3.63) is 47.5 Å². The van der Waals surface area contributed by atoms with Crippen molar-refractivity contribution in [2.45, 2.75) is 64.8 Å². The maximum Gasteiger partial charge on any atom is 0.0491 e. The zero-order valence-corrected chi connectivity index (χ0v) is 18.0. The third-order valence-electron chi connectivity index (χ3n) is 5.51. The zero-order valence-electron chi connectivity index (χ0n) is 16.4. The molecule has 27 heavy (non-hydrogen) atoms. The van der Waals surface area contributed by atoms with Crippen molar-refractivity contribution in [1.82, 2.24) is 4.57 Å². The fraction of sp³-hybridized carbons (Fsp3) is 0.500. The fourth-order valence-electron chi connectivity index (χ4n) is 4.05. The van der Waals surface area contributed by atoms with Crippen molar-refractivity contribution in [3.63, 3.8) is 0 Å². The fourth-order valence-corrected chi connectivity index (χ4v) is 4.43. The molecule has 0 fully saturated rings. The van der Waals surface area contributed by atoms with E-state index in [-0.39, 0.29) is 0 Å². The maximum atomic E-state index is 5.80. The van der Waals surface area contributed by atoms with Gasteiger partial charge < -0.3 is 4.57 Å². The molecule has 0 N–H and O–H groups in total. The number of fused-ring (bicyclic) bond motifs is 3. The smallest absolute Gasteiger partial charge is 0.0491 e. The standard InChI is InChI=1S/C24H31Cl2N/c1-2-27-23-13-11-19(9-5-3-7-15-25)17-21(23)22-18-20(12-14-24(22)27)10-6-4-8-16-26/h11-14,17-18H,2-10,15-16H2,1H3. The summed E-state index contributed by atoms with van der Waals surface area (Å²) in [6.07, 6.45) is 9.38. The molecule has 0 spiro atoms. The van der Waals surface area contributed by atoms with Gasteiger partial charge in [-0.25, -0.2) is 0 Å². The van der Waals surface area contributed by atoms with Crippen LogP contribution in [0.5, 0.6) is 0 Å². The number of alkyl halides is 2. The average Bonchev–Trinajstić information content (AvgIpc) is 3.01. The second-order valence-electron chi connectivity index (χ2n) is 7.45. The first-order valence-electron chi connectivity index (χ1n) is 10.4. The number of nitrogens with zero attached hydrogens (tertiary/aromatic N) is 1. The Balaban J connectivity index is 1.89. The Morgan fingerprint density at radius 1 is 0.667 bits per heavy atom. The lowest BCUT2D eigenvalue weighted by molar-refractivity contribution is 0.721. The van der Waals surface area contributed by atoms with Crippen molar-refractivity contribution in [3.8, 4) is 0 Å². The Labute approximate surface area is 173 Å². The van der Waals surface area contributed by atoms with E-state index in [1.165, 1.54) is 58.6 Å². The van der Waals surface area contributed by atoms with Gasteiger partial charge in [0.2, 0.25) is 0 Å². The predicted molar refractivity (Wildman–Crippen MR) is 122 cm³/mol. The van der Waals surface area contributed by atoms with E-state index in [0.29, 0.717) is 0 Å². The number of hydrogen-bond acceptors (Lipinski definition) is 0. The molecule has 0 unspecified atom stereocenters. The Morgan fingerprint density at radius 2 is 1.15 bits per heavy atom.